The number of nitrogens with one attached hydrogen (secondary N) is 2. The van der Waals surface area contributed by atoms with E-state index in [9.17, 15) is 9.59 Å². The lowest BCUT2D eigenvalue weighted by Gasteiger charge is -2.15. The Balaban J connectivity index is 2.16. The zero-order valence-corrected chi connectivity index (χ0v) is 16.5. The minimum absolute atomic E-state index is 0.0644. The maximum absolute atomic E-state index is 12.8. The Morgan fingerprint density at radius 3 is 2.33 bits per heavy atom. The second kappa shape index (κ2) is 9.76. The first-order valence-electron chi connectivity index (χ1n) is 9.35. The third-order valence-electron chi connectivity index (χ3n) is 4.26. The summed E-state index contributed by atoms with van der Waals surface area (Å²) in [4.78, 5) is 24.5. The summed E-state index contributed by atoms with van der Waals surface area (Å²) in [6.07, 6.45) is 1.32. The van der Waals surface area contributed by atoms with Gasteiger partial charge >= 0.3 is 0 Å². The monoisotopic (exact) mass is 368 g/mol. The Morgan fingerprint density at radius 1 is 1.00 bits per heavy atom. The van der Waals surface area contributed by atoms with Gasteiger partial charge in [0, 0.05) is 17.8 Å². The van der Waals surface area contributed by atoms with Crippen molar-refractivity contribution in [2.24, 2.45) is 5.92 Å². The minimum atomic E-state index is -0.239. The van der Waals surface area contributed by atoms with Gasteiger partial charge in [0.1, 0.15) is 5.75 Å². The highest BCUT2D eigenvalue weighted by molar-refractivity contribution is 6.07. The molecule has 0 aliphatic rings. The summed E-state index contributed by atoms with van der Waals surface area (Å²) in [6.45, 7) is 8.50. The molecule has 0 aromatic heterocycles. The maximum atomic E-state index is 12.8. The van der Waals surface area contributed by atoms with Crippen LogP contribution in [0.15, 0.2) is 42.5 Å². The molecule has 0 bridgehead atoms. The Morgan fingerprint density at radius 2 is 1.67 bits per heavy atom. The van der Waals surface area contributed by atoms with Gasteiger partial charge in [0.2, 0.25) is 5.91 Å². The molecule has 0 saturated carbocycles. The average Bonchev–Trinajstić information content (AvgIpc) is 2.65. The lowest BCUT2D eigenvalue weighted by atomic mass is 10.1. The molecule has 144 valence electrons. The van der Waals surface area contributed by atoms with E-state index in [1.165, 1.54) is 0 Å². The van der Waals surface area contributed by atoms with Crippen molar-refractivity contribution in [1.29, 1.82) is 0 Å². The number of carbonyl (C=O) groups is 2. The van der Waals surface area contributed by atoms with Gasteiger partial charge in [0.15, 0.2) is 0 Å². The van der Waals surface area contributed by atoms with E-state index in [0.717, 1.165) is 12.0 Å². The van der Waals surface area contributed by atoms with Gasteiger partial charge in [-0.2, -0.15) is 0 Å². The molecule has 0 heterocycles. The lowest BCUT2D eigenvalue weighted by molar-refractivity contribution is -0.115. The summed E-state index contributed by atoms with van der Waals surface area (Å²) in [6, 6.07) is 12.7. The van der Waals surface area contributed by atoms with Gasteiger partial charge < -0.3 is 15.4 Å². The van der Waals surface area contributed by atoms with Gasteiger partial charge in [-0.15, -0.1) is 0 Å². The molecular weight excluding hydrogens is 340 g/mol. The zero-order valence-electron chi connectivity index (χ0n) is 16.5. The molecule has 5 nitrogen and oxygen atoms in total. The van der Waals surface area contributed by atoms with Crippen molar-refractivity contribution in [2.45, 2.75) is 40.5 Å². The molecule has 2 rings (SSSR count). The van der Waals surface area contributed by atoms with Crippen LogP contribution in [0, 0.1) is 12.8 Å². The highest BCUT2D eigenvalue weighted by atomic mass is 16.5. The normalized spacial score (nSPS) is 10.6. The summed E-state index contributed by atoms with van der Waals surface area (Å²) >= 11 is 0. The highest BCUT2D eigenvalue weighted by Crippen LogP contribution is 2.26. The Hall–Kier alpha value is -2.82. The first-order chi connectivity index (χ1) is 12.9. The molecule has 5 heteroatoms. The quantitative estimate of drug-likeness (QED) is 0.687. The van der Waals surface area contributed by atoms with Gasteiger partial charge in [-0.25, -0.2) is 0 Å². The zero-order chi connectivity index (χ0) is 19.8. The molecule has 0 radical (unpaired) electrons. The van der Waals surface area contributed by atoms with Gasteiger partial charge in [-0.1, -0.05) is 39.0 Å². The second-order valence-electron chi connectivity index (χ2n) is 6.86. The largest absolute Gasteiger partial charge is 0.493 e. The van der Waals surface area contributed by atoms with E-state index < -0.39 is 0 Å². The van der Waals surface area contributed by atoms with Crippen molar-refractivity contribution in [3.8, 4) is 5.75 Å². The van der Waals surface area contributed by atoms with Crippen molar-refractivity contribution in [2.75, 3.05) is 17.2 Å². The van der Waals surface area contributed by atoms with Crippen molar-refractivity contribution in [3.63, 3.8) is 0 Å². The van der Waals surface area contributed by atoms with Gasteiger partial charge in [0.25, 0.3) is 5.91 Å². The summed E-state index contributed by atoms with van der Waals surface area (Å²) in [7, 11) is 0. The maximum Gasteiger partial charge on any atom is 0.259 e. The number of hydrogen-bond donors (Lipinski definition) is 2. The number of amides is 2. The van der Waals surface area contributed by atoms with Gasteiger partial charge in [-0.3, -0.25) is 9.59 Å². The molecular formula is C22H28N2O3. The van der Waals surface area contributed by atoms with Crippen LogP contribution in [0.3, 0.4) is 0 Å². The van der Waals surface area contributed by atoms with E-state index >= 15 is 0 Å². The minimum Gasteiger partial charge on any atom is -0.493 e. The van der Waals surface area contributed by atoms with Crippen molar-refractivity contribution >= 4 is 23.2 Å². The van der Waals surface area contributed by atoms with Gasteiger partial charge in [0.05, 0.1) is 12.2 Å². The molecule has 0 unspecified atom stereocenters. The molecule has 0 fully saturated rings. The number of carbonyl (C=O) groups excluding carboxylic acids is 2. The summed E-state index contributed by atoms with van der Waals surface area (Å²) in [5, 5.41) is 5.78. The van der Waals surface area contributed by atoms with Crippen LogP contribution >= 0.6 is 0 Å². The van der Waals surface area contributed by atoms with E-state index in [1.54, 1.807) is 25.1 Å². The fourth-order valence-electron chi connectivity index (χ4n) is 2.52. The molecule has 0 aliphatic carbocycles. The SMILES string of the molecule is CCC(=O)Nc1cccc(NC(=O)c2ccccc2OCCC(C)C)c1C. The van der Waals surface area contributed by atoms with E-state index in [1.807, 2.05) is 31.2 Å². The predicted octanol–water partition coefficient (Wildman–Crippen LogP) is 5.02. The van der Waals surface area contributed by atoms with Crippen LogP contribution in [0.25, 0.3) is 0 Å². The van der Waals surface area contributed by atoms with Gasteiger partial charge in [-0.05, 0) is 49.1 Å². The molecule has 0 spiro atoms. The lowest BCUT2D eigenvalue weighted by Crippen LogP contribution is -2.16. The molecule has 27 heavy (non-hydrogen) atoms. The summed E-state index contributed by atoms with van der Waals surface area (Å²) < 4.78 is 5.81. The van der Waals surface area contributed by atoms with E-state index in [4.69, 9.17) is 4.74 Å². The average molecular weight is 368 g/mol. The fourth-order valence-corrected chi connectivity index (χ4v) is 2.52. The number of benzene rings is 2. The van der Waals surface area contributed by atoms with Crippen LogP contribution in [-0.2, 0) is 4.79 Å². The van der Waals surface area contributed by atoms with Crippen molar-refractivity contribution in [1.82, 2.24) is 0 Å². The first kappa shape index (κ1) is 20.5. The van der Waals surface area contributed by atoms with E-state index in [2.05, 4.69) is 24.5 Å². The van der Waals surface area contributed by atoms with Crippen LogP contribution in [-0.4, -0.2) is 18.4 Å². The van der Waals surface area contributed by atoms with Crippen LogP contribution in [0.4, 0.5) is 11.4 Å². The summed E-state index contributed by atoms with van der Waals surface area (Å²) in [5.41, 5.74) is 2.65. The van der Waals surface area contributed by atoms with Crippen LogP contribution in [0.5, 0.6) is 5.75 Å². The molecule has 2 aromatic carbocycles. The topological polar surface area (TPSA) is 67.4 Å². The molecule has 2 N–H and O–H groups in total. The van der Waals surface area contributed by atoms with Crippen molar-refractivity contribution in [3.05, 3.63) is 53.6 Å². The number of rotatable bonds is 8. The van der Waals surface area contributed by atoms with Crippen LogP contribution < -0.4 is 15.4 Å². The smallest absolute Gasteiger partial charge is 0.259 e. The third kappa shape index (κ3) is 5.84. The number of para-hydroxylation sites is 1. The molecule has 2 amide bonds. The molecule has 0 saturated heterocycles. The number of anilines is 2. The number of ether oxygens (including phenoxy) is 1. The molecule has 2 aromatic rings. The second-order valence-corrected chi connectivity index (χ2v) is 6.86. The van der Waals surface area contributed by atoms with Crippen LogP contribution in [0.2, 0.25) is 0 Å². The predicted molar refractivity (Wildman–Crippen MR) is 109 cm³/mol. The molecule has 0 aliphatic heterocycles. The van der Waals surface area contributed by atoms with E-state index in [0.29, 0.717) is 41.6 Å². The number of hydrogen-bond acceptors (Lipinski definition) is 3. The Labute approximate surface area is 161 Å². The fraction of sp³-hybridized carbons (Fsp3) is 0.364. The van der Waals surface area contributed by atoms with E-state index in [-0.39, 0.29) is 11.8 Å². The standard InChI is InChI=1S/C22H28N2O3/c1-5-21(25)23-18-10-8-11-19(16(18)4)24-22(26)17-9-6-7-12-20(17)27-14-13-15(2)3/h6-12,15H,5,13-14H2,1-4H3,(H,23,25)(H,24,26). The Kier molecular flexibility index (Phi) is 7.41. The first-order valence-corrected chi connectivity index (χ1v) is 9.35. The van der Waals surface area contributed by atoms with Crippen LogP contribution in [0.1, 0.15) is 49.5 Å². The summed E-state index contributed by atoms with van der Waals surface area (Å²) in [5.74, 6) is 0.807. The third-order valence-corrected chi connectivity index (χ3v) is 4.26. The Bertz CT molecular complexity index is 800. The highest BCUT2D eigenvalue weighted by Gasteiger charge is 2.15. The molecule has 0 atom stereocenters. The van der Waals surface area contributed by atoms with Crippen molar-refractivity contribution < 1.29 is 14.3 Å².